The molecule has 0 fully saturated rings. The van der Waals surface area contributed by atoms with Crippen LogP contribution in [0.5, 0.6) is 0 Å². The maximum absolute atomic E-state index is 12.6. The fraction of sp³-hybridized carbons (Fsp3) is 0.350. The van der Waals surface area contributed by atoms with Crippen molar-refractivity contribution in [1.29, 1.82) is 0 Å². The number of carbonyl (C=O) groups excluding carboxylic acids is 1. The number of hydrogen-bond acceptors (Lipinski definition) is 3. The first-order valence-corrected chi connectivity index (χ1v) is 10.3. The number of rotatable bonds is 6. The Bertz CT molecular complexity index is 887. The highest BCUT2D eigenvalue weighted by molar-refractivity contribution is 7.92. The molecule has 0 radical (unpaired) electrons. The first kappa shape index (κ1) is 20.0. The summed E-state index contributed by atoms with van der Waals surface area (Å²) < 4.78 is 25.9. The molecule has 0 saturated heterocycles. The van der Waals surface area contributed by atoms with Gasteiger partial charge in [0.1, 0.15) is 6.04 Å². The van der Waals surface area contributed by atoms with E-state index in [0.29, 0.717) is 12.2 Å². The summed E-state index contributed by atoms with van der Waals surface area (Å²) in [5.41, 5.74) is 4.48. The van der Waals surface area contributed by atoms with Gasteiger partial charge >= 0.3 is 0 Å². The lowest BCUT2D eigenvalue weighted by atomic mass is 10.1. The fourth-order valence-corrected chi connectivity index (χ4v) is 4.20. The number of sulfonamides is 1. The fourth-order valence-electron chi connectivity index (χ4n) is 3.05. The van der Waals surface area contributed by atoms with Crippen LogP contribution in [0.25, 0.3) is 0 Å². The van der Waals surface area contributed by atoms with E-state index in [1.165, 1.54) is 4.31 Å². The van der Waals surface area contributed by atoms with Gasteiger partial charge in [-0.3, -0.25) is 9.10 Å². The normalized spacial score (nSPS) is 12.5. The van der Waals surface area contributed by atoms with Crippen molar-refractivity contribution in [3.63, 3.8) is 0 Å². The average molecular weight is 375 g/mol. The summed E-state index contributed by atoms with van der Waals surface area (Å²) in [4.78, 5) is 12.6. The van der Waals surface area contributed by atoms with Crippen LogP contribution < -0.4 is 9.62 Å². The number of nitrogens with zero attached hydrogens (tertiary/aromatic N) is 1. The van der Waals surface area contributed by atoms with E-state index >= 15 is 0 Å². The minimum atomic E-state index is -3.61. The van der Waals surface area contributed by atoms with E-state index in [-0.39, 0.29) is 5.91 Å². The lowest BCUT2D eigenvalue weighted by Crippen LogP contribution is -2.47. The highest BCUT2D eigenvalue weighted by Gasteiger charge is 2.29. The molecule has 140 valence electrons. The third-order valence-electron chi connectivity index (χ3n) is 4.10. The second-order valence-electron chi connectivity index (χ2n) is 6.79. The lowest BCUT2D eigenvalue weighted by molar-refractivity contribution is -0.122. The summed E-state index contributed by atoms with van der Waals surface area (Å²) in [5.74, 6) is -0.337. The smallest absolute Gasteiger partial charge is 0.243 e. The van der Waals surface area contributed by atoms with Gasteiger partial charge in [0.15, 0.2) is 0 Å². The van der Waals surface area contributed by atoms with Gasteiger partial charge < -0.3 is 5.32 Å². The zero-order valence-electron chi connectivity index (χ0n) is 15.9. The molecule has 1 atom stereocenters. The second kappa shape index (κ2) is 7.91. The number of anilines is 1. The molecule has 26 heavy (non-hydrogen) atoms. The van der Waals surface area contributed by atoms with Crippen LogP contribution in [0.4, 0.5) is 5.69 Å². The zero-order valence-corrected chi connectivity index (χ0v) is 16.7. The lowest BCUT2D eigenvalue weighted by Gasteiger charge is -2.28. The third-order valence-corrected chi connectivity index (χ3v) is 5.34. The summed E-state index contributed by atoms with van der Waals surface area (Å²) in [6, 6.07) is 12.5. The molecule has 0 aliphatic heterocycles. The molecule has 0 aromatic heterocycles. The van der Waals surface area contributed by atoms with E-state index in [1.807, 2.05) is 51.1 Å². The van der Waals surface area contributed by atoms with Crippen molar-refractivity contribution >= 4 is 21.6 Å². The quantitative estimate of drug-likeness (QED) is 0.845. The van der Waals surface area contributed by atoms with Crippen LogP contribution in [0, 0.1) is 20.8 Å². The summed E-state index contributed by atoms with van der Waals surface area (Å²) in [5, 5.41) is 2.83. The number of benzene rings is 2. The van der Waals surface area contributed by atoms with Crippen molar-refractivity contribution in [2.45, 2.75) is 40.3 Å². The standard InChI is InChI=1S/C20H26N2O3S/c1-14-7-6-8-18(10-14)13-21-20(23)17(4)22(26(5,24)25)19-11-15(2)9-16(3)12-19/h6-12,17H,13H2,1-5H3,(H,21,23). The van der Waals surface area contributed by atoms with Crippen LogP contribution in [0.2, 0.25) is 0 Å². The number of aryl methyl sites for hydroxylation is 3. The Morgan fingerprint density at radius 3 is 2.19 bits per heavy atom. The molecule has 2 rings (SSSR count). The Kier molecular flexibility index (Phi) is 6.08. The predicted molar refractivity (Wildman–Crippen MR) is 106 cm³/mol. The van der Waals surface area contributed by atoms with Gasteiger partial charge in [0.25, 0.3) is 0 Å². The molecule has 0 aliphatic carbocycles. The van der Waals surface area contributed by atoms with Gasteiger partial charge in [-0.25, -0.2) is 8.42 Å². The maximum Gasteiger partial charge on any atom is 0.243 e. The third kappa shape index (κ3) is 5.08. The van der Waals surface area contributed by atoms with Gasteiger partial charge in [-0.15, -0.1) is 0 Å². The molecule has 2 aromatic rings. The Morgan fingerprint density at radius 2 is 1.65 bits per heavy atom. The number of carbonyl (C=O) groups is 1. The van der Waals surface area contributed by atoms with Crippen molar-refractivity contribution in [3.05, 3.63) is 64.7 Å². The van der Waals surface area contributed by atoms with Crippen LogP contribution in [-0.4, -0.2) is 26.6 Å². The van der Waals surface area contributed by atoms with Gasteiger partial charge in [-0.1, -0.05) is 35.9 Å². The molecule has 1 N–H and O–H groups in total. The van der Waals surface area contributed by atoms with Crippen LogP contribution >= 0.6 is 0 Å². The molecule has 0 heterocycles. The van der Waals surface area contributed by atoms with E-state index in [4.69, 9.17) is 0 Å². The number of nitrogens with one attached hydrogen (secondary N) is 1. The predicted octanol–water partition coefficient (Wildman–Crippen LogP) is 3.08. The SMILES string of the molecule is Cc1cccc(CNC(=O)C(C)N(c2cc(C)cc(C)c2)S(C)(=O)=O)c1. The van der Waals surface area contributed by atoms with Gasteiger partial charge in [0, 0.05) is 6.54 Å². The molecule has 1 amide bonds. The molecule has 0 bridgehead atoms. The van der Waals surface area contributed by atoms with Gasteiger partial charge in [-0.2, -0.15) is 0 Å². The van der Waals surface area contributed by atoms with Gasteiger partial charge in [0.05, 0.1) is 11.9 Å². The Morgan fingerprint density at radius 1 is 1.04 bits per heavy atom. The average Bonchev–Trinajstić information content (AvgIpc) is 2.50. The van der Waals surface area contributed by atoms with Gasteiger partial charge in [0.2, 0.25) is 15.9 Å². The van der Waals surface area contributed by atoms with E-state index in [9.17, 15) is 13.2 Å². The van der Waals surface area contributed by atoms with Crippen LogP contribution in [0.1, 0.15) is 29.2 Å². The number of amides is 1. The van der Waals surface area contributed by atoms with Gasteiger partial charge in [-0.05, 0) is 56.5 Å². The highest BCUT2D eigenvalue weighted by atomic mass is 32.2. The summed E-state index contributed by atoms with van der Waals surface area (Å²) >= 11 is 0. The molecular formula is C20H26N2O3S. The van der Waals surface area contributed by atoms with Crippen LogP contribution in [0.3, 0.4) is 0 Å². The Labute approximate surface area is 156 Å². The van der Waals surface area contributed by atoms with E-state index in [1.54, 1.807) is 19.1 Å². The van der Waals surface area contributed by atoms with Crippen molar-refractivity contribution < 1.29 is 13.2 Å². The first-order valence-electron chi connectivity index (χ1n) is 8.49. The molecule has 5 nitrogen and oxygen atoms in total. The minimum absolute atomic E-state index is 0.337. The monoisotopic (exact) mass is 374 g/mol. The Hall–Kier alpha value is -2.34. The topological polar surface area (TPSA) is 66.5 Å². The van der Waals surface area contributed by atoms with Crippen molar-refractivity contribution in [2.75, 3.05) is 10.6 Å². The largest absolute Gasteiger partial charge is 0.350 e. The van der Waals surface area contributed by atoms with Crippen molar-refractivity contribution in [1.82, 2.24) is 5.32 Å². The maximum atomic E-state index is 12.6. The van der Waals surface area contributed by atoms with Crippen molar-refractivity contribution in [2.24, 2.45) is 0 Å². The van der Waals surface area contributed by atoms with E-state index < -0.39 is 16.1 Å². The molecule has 6 heteroatoms. The van der Waals surface area contributed by atoms with Crippen LogP contribution in [0.15, 0.2) is 42.5 Å². The van der Waals surface area contributed by atoms with Crippen molar-refractivity contribution in [3.8, 4) is 0 Å². The first-order chi connectivity index (χ1) is 12.1. The summed E-state index contributed by atoms with van der Waals surface area (Å²) in [6.45, 7) is 7.75. The second-order valence-corrected chi connectivity index (χ2v) is 8.65. The van der Waals surface area contributed by atoms with E-state index in [0.717, 1.165) is 28.5 Å². The highest BCUT2D eigenvalue weighted by Crippen LogP contribution is 2.24. The molecule has 2 aromatic carbocycles. The zero-order chi connectivity index (χ0) is 19.5. The Balaban J connectivity index is 2.23. The molecule has 0 saturated carbocycles. The molecular weight excluding hydrogens is 348 g/mol. The summed E-state index contributed by atoms with van der Waals surface area (Å²) in [6.07, 6.45) is 1.12. The molecule has 0 aliphatic rings. The van der Waals surface area contributed by atoms with E-state index in [2.05, 4.69) is 5.32 Å². The number of hydrogen-bond donors (Lipinski definition) is 1. The summed E-state index contributed by atoms with van der Waals surface area (Å²) in [7, 11) is -3.61. The minimum Gasteiger partial charge on any atom is -0.350 e. The molecule has 1 unspecified atom stereocenters. The molecule has 0 spiro atoms. The van der Waals surface area contributed by atoms with Crippen LogP contribution in [-0.2, 0) is 21.4 Å².